The van der Waals surface area contributed by atoms with Crippen LogP contribution in [0.1, 0.15) is 13.8 Å². The summed E-state index contributed by atoms with van der Waals surface area (Å²) in [6, 6.07) is 12.3. The lowest BCUT2D eigenvalue weighted by molar-refractivity contribution is 0.213. The minimum absolute atomic E-state index is 0.0319. The van der Waals surface area contributed by atoms with Crippen molar-refractivity contribution in [2.75, 3.05) is 5.32 Å². The fourth-order valence-electron chi connectivity index (χ4n) is 1.53. The third-order valence-corrected chi connectivity index (χ3v) is 2.31. The van der Waals surface area contributed by atoms with E-state index in [-0.39, 0.29) is 6.10 Å². The number of carbonyl (C=O) groups is 1. The van der Waals surface area contributed by atoms with E-state index in [0.717, 1.165) is 0 Å². The number of nitrogens with one attached hydrogen (secondary N) is 1. The summed E-state index contributed by atoms with van der Waals surface area (Å²) in [6.07, 6.45) is 0.985. The molecule has 104 valence electrons. The van der Waals surface area contributed by atoms with Gasteiger partial charge in [0, 0.05) is 6.20 Å². The lowest BCUT2D eigenvalue weighted by Gasteiger charge is -2.13. The summed E-state index contributed by atoms with van der Waals surface area (Å²) >= 11 is 0. The van der Waals surface area contributed by atoms with Crippen LogP contribution in [0.2, 0.25) is 0 Å². The minimum atomic E-state index is -0.585. The molecule has 0 saturated carbocycles. The molecule has 1 amide bonds. The van der Waals surface area contributed by atoms with Gasteiger partial charge in [-0.2, -0.15) is 0 Å². The predicted molar refractivity (Wildman–Crippen MR) is 76.1 cm³/mol. The maximum atomic E-state index is 11.8. The highest BCUT2D eigenvalue weighted by atomic mass is 16.6. The molecule has 2 rings (SSSR count). The van der Waals surface area contributed by atoms with Crippen molar-refractivity contribution in [3.8, 4) is 11.6 Å². The standard InChI is InChI=1S/C15H16N2O3/c1-11(2)19-14-13(9-6-10-16-14)17-15(18)20-12-7-4-3-5-8-12/h3-11H,1-2H3,(H,17,18). The second kappa shape index (κ2) is 6.56. The van der Waals surface area contributed by atoms with Crippen LogP contribution in [0.5, 0.6) is 11.6 Å². The van der Waals surface area contributed by atoms with Crippen molar-refractivity contribution in [3.63, 3.8) is 0 Å². The topological polar surface area (TPSA) is 60.5 Å². The molecule has 0 radical (unpaired) electrons. The van der Waals surface area contributed by atoms with Gasteiger partial charge in [0.25, 0.3) is 0 Å². The van der Waals surface area contributed by atoms with Gasteiger partial charge >= 0.3 is 6.09 Å². The number of anilines is 1. The van der Waals surface area contributed by atoms with Gasteiger partial charge in [-0.3, -0.25) is 5.32 Å². The predicted octanol–water partition coefficient (Wildman–Crippen LogP) is 3.48. The Labute approximate surface area is 117 Å². The zero-order valence-electron chi connectivity index (χ0n) is 11.4. The largest absolute Gasteiger partial charge is 0.473 e. The van der Waals surface area contributed by atoms with E-state index in [1.54, 1.807) is 42.6 Å². The minimum Gasteiger partial charge on any atom is -0.473 e. The Hall–Kier alpha value is -2.56. The molecule has 0 aliphatic heterocycles. The van der Waals surface area contributed by atoms with E-state index in [1.165, 1.54) is 0 Å². The molecule has 1 aromatic carbocycles. The van der Waals surface area contributed by atoms with Crippen molar-refractivity contribution in [3.05, 3.63) is 48.7 Å². The molecule has 20 heavy (non-hydrogen) atoms. The quantitative estimate of drug-likeness (QED) is 0.925. The lowest BCUT2D eigenvalue weighted by Crippen LogP contribution is -2.18. The van der Waals surface area contributed by atoms with Crippen LogP contribution in [0.15, 0.2) is 48.7 Å². The second-order valence-electron chi connectivity index (χ2n) is 4.35. The first-order valence-corrected chi connectivity index (χ1v) is 6.30. The third-order valence-electron chi connectivity index (χ3n) is 2.31. The number of benzene rings is 1. The highest BCUT2D eigenvalue weighted by molar-refractivity contribution is 5.87. The van der Waals surface area contributed by atoms with Gasteiger partial charge < -0.3 is 9.47 Å². The molecule has 0 atom stereocenters. The number of hydrogen-bond donors (Lipinski definition) is 1. The number of aromatic nitrogens is 1. The van der Waals surface area contributed by atoms with E-state index in [4.69, 9.17) is 9.47 Å². The first-order valence-electron chi connectivity index (χ1n) is 6.30. The maximum absolute atomic E-state index is 11.8. The van der Waals surface area contributed by atoms with E-state index < -0.39 is 6.09 Å². The Kier molecular flexibility index (Phi) is 4.55. The molecule has 0 unspecified atom stereocenters. The molecule has 0 bridgehead atoms. The van der Waals surface area contributed by atoms with Crippen LogP contribution in [0.25, 0.3) is 0 Å². The lowest BCUT2D eigenvalue weighted by atomic mass is 10.3. The molecular formula is C15H16N2O3. The van der Waals surface area contributed by atoms with Crippen molar-refractivity contribution in [2.45, 2.75) is 20.0 Å². The monoisotopic (exact) mass is 272 g/mol. The normalized spacial score (nSPS) is 10.2. The number of ether oxygens (including phenoxy) is 2. The van der Waals surface area contributed by atoms with Gasteiger partial charge in [-0.05, 0) is 38.1 Å². The Morgan fingerprint density at radius 3 is 2.60 bits per heavy atom. The highest BCUT2D eigenvalue weighted by Gasteiger charge is 2.11. The number of nitrogens with zero attached hydrogens (tertiary/aromatic N) is 1. The Balaban J connectivity index is 2.04. The average Bonchev–Trinajstić information content (AvgIpc) is 2.41. The van der Waals surface area contributed by atoms with Gasteiger partial charge in [0.05, 0.1) is 6.10 Å². The molecule has 1 aromatic heterocycles. The summed E-state index contributed by atoms with van der Waals surface area (Å²) in [5, 5.41) is 2.62. The fraction of sp³-hybridized carbons (Fsp3) is 0.200. The van der Waals surface area contributed by atoms with Crippen molar-refractivity contribution in [1.29, 1.82) is 0 Å². The Bertz CT molecular complexity index is 570. The summed E-state index contributed by atoms with van der Waals surface area (Å²) < 4.78 is 10.7. The summed E-state index contributed by atoms with van der Waals surface area (Å²) in [7, 11) is 0. The number of hydrogen-bond acceptors (Lipinski definition) is 4. The maximum Gasteiger partial charge on any atom is 0.417 e. The second-order valence-corrected chi connectivity index (χ2v) is 4.35. The zero-order chi connectivity index (χ0) is 14.4. The van der Waals surface area contributed by atoms with Crippen LogP contribution in [0.3, 0.4) is 0 Å². The van der Waals surface area contributed by atoms with Crippen LogP contribution in [0.4, 0.5) is 10.5 Å². The van der Waals surface area contributed by atoms with Crippen molar-refractivity contribution >= 4 is 11.8 Å². The molecule has 5 nitrogen and oxygen atoms in total. The van der Waals surface area contributed by atoms with Gasteiger partial charge in [0.1, 0.15) is 11.4 Å². The van der Waals surface area contributed by atoms with Crippen LogP contribution in [0, 0.1) is 0 Å². The van der Waals surface area contributed by atoms with E-state index in [0.29, 0.717) is 17.3 Å². The molecule has 1 heterocycles. The van der Waals surface area contributed by atoms with Crippen molar-refractivity contribution < 1.29 is 14.3 Å². The number of rotatable bonds is 4. The smallest absolute Gasteiger partial charge is 0.417 e. The summed E-state index contributed by atoms with van der Waals surface area (Å²) in [5.41, 5.74) is 0.474. The van der Waals surface area contributed by atoms with Crippen LogP contribution in [-0.4, -0.2) is 17.2 Å². The van der Waals surface area contributed by atoms with Crippen LogP contribution < -0.4 is 14.8 Å². The fourth-order valence-corrected chi connectivity index (χ4v) is 1.53. The summed E-state index contributed by atoms with van der Waals surface area (Å²) in [4.78, 5) is 15.9. The van der Waals surface area contributed by atoms with E-state index in [1.807, 2.05) is 19.9 Å². The van der Waals surface area contributed by atoms with Crippen LogP contribution in [-0.2, 0) is 0 Å². The number of carbonyl (C=O) groups excluding carboxylic acids is 1. The Morgan fingerprint density at radius 1 is 1.15 bits per heavy atom. The summed E-state index contributed by atoms with van der Waals surface area (Å²) in [6.45, 7) is 3.78. The first kappa shape index (κ1) is 13.9. The van der Waals surface area contributed by atoms with E-state index >= 15 is 0 Å². The molecule has 1 N–H and O–H groups in total. The SMILES string of the molecule is CC(C)Oc1ncccc1NC(=O)Oc1ccccc1. The van der Waals surface area contributed by atoms with Gasteiger partial charge in [-0.25, -0.2) is 9.78 Å². The number of pyridine rings is 1. The number of para-hydroxylation sites is 1. The zero-order valence-corrected chi connectivity index (χ0v) is 11.4. The molecule has 0 aliphatic carbocycles. The van der Waals surface area contributed by atoms with Gasteiger partial charge in [0.15, 0.2) is 0 Å². The molecule has 0 spiro atoms. The average molecular weight is 272 g/mol. The molecule has 0 saturated heterocycles. The Morgan fingerprint density at radius 2 is 1.90 bits per heavy atom. The first-order chi connectivity index (χ1) is 9.65. The molecule has 5 heteroatoms. The molecular weight excluding hydrogens is 256 g/mol. The van der Waals surface area contributed by atoms with Gasteiger partial charge in [-0.1, -0.05) is 18.2 Å². The third kappa shape index (κ3) is 3.98. The van der Waals surface area contributed by atoms with Crippen LogP contribution >= 0.6 is 0 Å². The van der Waals surface area contributed by atoms with E-state index in [9.17, 15) is 4.79 Å². The molecule has 2 aromatic rings. The highest BCUT2D eigenvalue weighted by Crippen LogP contribution is 2.22. The molecule has 0 fully saturated rings. The van der Waals surface area contributed by atoms with Gasteiger partial charge in [-0.15, -0.1) is 0 Å². The molecule has 0 aliphatic rings. The van der Waals surface area contributed by atoms with E-state index in [2.05, 4.69) is 10.3 Å². The van der Waals surface area contributed by atoms with Crippen molar-refractivity contribution in [1.82, 2.24) is 4.98 Å². The summed E-state index contributed by atoms with van der Waals surface area (Å²) in [5.74, 6) is 0.840. The van der Waals surface area contributed by atoms with Gasteiger partial charge in [0.2, 0.25) is 5.88 Å². The van der Waals surface area contributed by atoms with Crippen molar-refractivity contribution in [2.24, 2.45) is 0 Å². The number of amides is 1.